The van der Waals surface area contributed by atoms with Crippen LogP contribution in [0.25, 0.3) is 0 Å². The molecule has 0 fully saturated rings. The third-order valence-corrected chi connectivity index (χ3v) is 2.81. The quantitative estimate of drug-likeness (QED) is 0.640. The van der Waals surface area contributed by atoms with Gasteiger partial charge in [0.2, 0.25) is 0 Å². The molecule has 2 atom stereocenters. The second-order valence-corrected chi connectivity index (χ2v) is 4.15. The molecule has 0 aromatic rings. The van der Waals surface area contributed by atoms with Crippen LogP contribution in [0.4, 0.5) is 0 Å². The van der Waals surface area contributed by atoms with Gasteiger partial charge in [-0.1, -0.05) is 46.6 Å². The van der Waals surface area contributed by atoms with Gasteiger partial charge in [0.1, 0.15) is 0 Å². The van der Waals surface area contributed by atoms with E-state index in [0.717, 1.165) is 18.0 Å². The van der Waals surface area contributed by atoms with Crippen LogP contribution in [0.1, 0.15) is 52.9 Å². The van der Waals surface area contributed by atoms with E-state index in [9.17, 15) is 0 Å². The minimum Gasteiger partial charge on any atom is -0.402 e. The van der Waals surface area contributed by atoms with E-state index in [-0.39, 0.29) is 0 Å². The lowest BCUT2D eigenvalue weighted by atomic mass is 9.91. The van der Waals surface area contributed by atoms with E-state index >= 15 is 0 Å². The third-order valence-electron chi connectivity index (χ3n) is 2.81. The predicted molar refractivity (Wildman–Crippen MR) is 60.4 cm³/mol. The summed E-state index contributed by atoms with van der Waals surface area (Å²) in [5, 5.41) is 0. The van der Waals surface area contributed by atoms with Crippen LogP contribution in [0.5, 0.6) is 0 Å². The van der Waals surface area contributed by atoms with Crippen LogP contribution in [0, 0.1) is 11.8 Å². The highest BCUT2D eigenvalue weighted by atomic mass is 14.6. The fraction of sp³-hybridized carbons (Fsp3) is 0.833. The Kier molecular flexibility index (Phi) is 6.75. The summed E-state index contributed by atoms with van der Waals surface area (Å²) in [7, 11) is 0. The first-order valence-electron chi connectivity index (χ1n) is 5.56. The Bertz CT molecular complexity index is 140. The van der Waals surface area contributed by atoms with Crippen LogP contribution in [0.15, 0.2) is 12.3 Å². The van der Waals surface area contributed by atoms with Crippen LogP contribution in [-0.2, 0) is 0 Å². The summed E-state index contributed by atoms with van der Waals surface area (Å²) in [5.74, 6) is 1.39. The lowest BCUT2D eigenvalue weighted by Crippen LogP contribution is -2.11. The molecule has 0 aliphatic heterocycles. The highest BCUT2D eigenvalue weighted by Gasteiger charge is 2.09. The number of allylic oxidation sites excluding steroid dienone is 1. The van der Waals surface area contributed by atoms with Gasteiger partial charge in [0, 0.05) is 5.70 Å². The Balaban J connectivity index is 3.65. The van der Waals surface area contributed by atoms with Gasteiger partial charge in [0.25, 0.3) is 0 Å². The average Bonchev–Trinajstić information content (AvgIpc) is 2.05. The summed E-state index contributed by atoms with van der Waals surface area (Å²) in [5.41, 5.74) is 6.58. The van der Waals surface area contributed by atoms with Crippen molar-refractivity contribution >= 4 is 0 Å². The van der Waals surface area contributed by atoms with Gasteiger partial charge in [-0.25, -0.2) is 0 Å². The summed E-state index contributed by atoms with van der Waals surface area (Å²) in [4.78, 5) is 0. The van der Waals surface area contributed by atoms with Crippen molar-refractivity contribution in [2.75, 3.05) is 0 Å². The average molecular weight is 183 g/mol. The molecule has 0 aromatic carbocycles. The molecule has 0 aliphatic rings. The molecule has 0 heterocycles. The smallest absolute Gasteiger partial charge is 0.00389 e. The monoisotopic (exact) mass is 183 g/mol. The van der Waals surface area contributed by atoms with E-state index in [1.165, 1.54) is 25.7 Å². The molecule has 0 radical (unpaired) electrons. The zero-order chi connectivity index (χ0) is 10.3. The van der Waals surface area contributed by atoms with Gasteiger partial charge in [-0.2, -0.15) is 0 Å². The van der Waals surface area contributed by atoms with Gasteiger partial charge in [-0.15, -0.1) is 0 Å². The fourth-order valence-corrected chi connectivity index (χ4v) is 1.77. The Labute approximate surface area is 83.4 Å². The minimum atomic E-state index is 0.541. The van der Waals surface area contributed by atoms with Crippen molar-refractivity contribution in [3.8, 4) is 0 Å². The molecule has 1 nitrogen and oxygen atoms in total. The van der Waals surface area contributed by atoms with Crippen LogP contribution in [0.2, 0.25) is 0 Å². The van der Waals surface area contributed by atoms with E-state index in [2.05, 4.69) is 27.4 Å². The largest absolute Gasteiger partial charge is 0.402 e. The minimum absolute atomic E-state index is 0.541. The molecule has 0 saturated carbocycles. The topological polar surface area (TPSA) is 26.0 Å². The molecule has 0 aromatic heterocycles. The Morgan fingerprint density at radius 2 is 1.85 bits per heavy atom. The maximum atomic E-state index is 5.71. The van der Waals surface area contributed by atoms with E-state index in [1.807, 2.05) is 0 Å². The predicted octanol–water partition coefficient (Wildman–Crippen LogP) is 3.70. The van der Waals surface area contributed by atoms with Crippen molar-refractivity contribution in [3.05, 3.63) is 12.3 Å². The highest BCUT2D eigenvalue weighted by molar-refractivity contribution is 4.93. The Morgan fingerprint density at radius 3 is 2.23 bits per heavy atom. The van der Waals surface area contributed by atoms with Crippen LogP contribution < -0.4 is 5.73 Å². The summed E-state index contributed by atoms with van der Waals surface area (Å²) in [6.45, 7) is 10.6. The van der Waals surface area contributed by atoms with E-state index < -0.39 is 0 Å². The first kappa shape index (κ1) is 12.5. The molecule has 0 amide bonds. The van der Waals surface area contributed by atoms with Gasteiger partial charge in [0.05, 0.1) is 0 Å². The first-order valence-corrected chi connectivity index (χ1v) is 5.56. The Hall–Kier alpha value is -0.460. The van der Waals surface area contributed by atoms with Crippen molar-refractivity contribution in [2.24, 2.45) is 17.6 Å². The molecular formula is C12H25N. The van der Waals surface area contributed by atoms with Gasteiger partial charge >= 0.3 is 0 Å². The number of hydrogen-bond acceptors (Lipinski definition) is 1. The fourth-order valence-electron chi connectivity index (χ4n) is 1.77. The normalized spacial score (nSPS) is 15.3. The molecule has 0 bridgehead atoms. The maximum absolute atomic E-state index is 5.71. The summed E-state index contributed by atoms with van der Waals surface area (Å²) in [6, 6.07) is 0. The summed E-state index contributed by atoms with van der Waals surface area (Å²) < 4.78 is 0. The number of hydrogen-bond donors (Lipinski definition) is 1. The zero-order valence-electron chi connectivity index (χ0n) is 9.47. The molecule has 0 rings (SSSR count). The first-order chi connectivity index (χ1) is 6.11. The highest BCUT2D eigenvalue weighted by Crippen LogP contribution is 2.21. The third kappa shape index (κ3) is 5.73. The molecule has 13 heavy (non-hydrogen) atoms. The van der Waals surface area contributed by atoms with Crippen molar-refractivity contribution in [2.45, 2.75) is 52.9 Å². The Morgan fingerprint density at radius 1 is 1.23 bits per heavy atom. The van der Waals surface area contributed by atoms with Crippen molar-refractivity contribution in [3.63, 3.8) is 0 Å². The molecular weight excluding hydrogens is 158 g/mol. The SMILES string of the molecule is C=C(N)C(CC)CCC(C)CCC. The lowest BCUT2D eigenvalue weighted by molar-refractivity contribution is 0.413. The second-order valence-electron chi connectivity index (χ2n) is 4.15. The van der Waals surface area contributed by atoms with E-state index in [4.69, 9.17) is 5.73 Å². The lowest BCUT2D eigenvalue weighted by Gasteiger charge is -2.17. The van der Waals surface area contributed by atoms with Crippen LogP contribution >= 0.6 is 0 Å². The maximum Gasteiger partial charge on any atom is 0.00389 e. The van der Waals surface area contributed by atoms with Gasteiger partial charge in [-0.3, -0.25) is 0 Å². The van der Waals surface area contributed by atoms with Crippen molar-refractivity contribution in [1.29, 1.82) is 0 Å². The zero-order valence-corrected chi connectivity index (χ0v) is 9.47. The van der Waals surface area contributed by atoms with Gasteiger partial charge in [0.15, 0.2) is 0 Å². The van der Waals surface area contributed by atoms with Crippen molar-refractivity contribution in [1.82, 2.24) is 0 Å². The van der Waals surface area contributed by atoms with Crippen LogP contribution in [-0.4, -0.2) is 0 Å². The summed E-state index contributed by atoms with van der Waals surface area (Å²) in [6.07, 6.45) is 6.28. The molecule has 1 heteroatoms. The second kappa shape index (κ2) is 6.99. The van der Waals surface area contributed by atoms with Crippen molar-refractivity contribution < 1.29 is 0 Å². The molecule has 2 N–H and O–H groups in total. The van der Waals surface area contributed by atoms with E-state index in [1.54, 1.807) is 0 Å². The molecule has 0 saturated heterocycles. The standard InChI is InChI=1S/C12H25N/c1-5-7-10(3)8-9-12(6-2)11(4)13/h10,12H,4-9,13H2,1-3H3. The van der Waals surface area contributed by atoms with Gasteiger partial charge in [-0.05, 0) is 24.7 Å². The summed E-state index contributed by atoms with van der Waals surface area (Å²) >= 11 is 0. The molecule has 0 spiro atoms. The number of nitrogens with two attached hydrogens (primary N) is 1. The molecule has 78 valence electrons. The van der Waals surface area contributed by atoms with Crippen LogP contribution in [0.3, 0.4) is 0 Å². The van der Waals surface area contributed by atoms with E-state index in [0.29, 0.717) is 5.92 Å². The molecule has 0 aliphatic carbocycles. The van der Waals surface area contributed by atoms with Gasteiger partial charge < -0.3 is 5.73 Å². The number of rotatable bonds is 7. The molecule has 2 unspecified atom stereocenters.